The van der Waals surface area contributed by atoms with Gasteiger partial charge < -0.3 is 8.98 Å². The fourth-order valence-electron chi connectivity index (χ4n) is 9.37. The molecule has 1 aliphatic carbocycles. The topological polar surface area (TPSA) is 18.1 Å². The molecule has 0 radical (unpaired) electrons. The Labute approximate surface area is 316 Å². The highest BCUT2D eigenvalue weighted by Gasteiger charge is 2.35. The van der Waals surface area contributed by atoms with E-state index in [1.807, 2.05) is 11.3 Å². The van der Waals surface area contributed by atoms with Gasteiger partial charge in [-0.05, 0) is 105 Å². The number of benzene rings is 8. The van der Waals surface area contributed by atoms with Crippen molar-refractivity contribution in [1.29, 1.82) is 0 Å². The summed E-state index contributed by atoms with van der Waals surface area (Å²) in [4.78, 5) is 0. The highest BCUT2D eigenvalue weighted by Crippen LogP contribution is 2.50. The molecule has 0 saturated heterocycles. The SMILES string of the molecule is CC1(C)c2ccccc2-c2ccc(-c3ccc4c(c3)c3ccccc3n4-c3cccc4oc5cc(-c6ccc7c(c6)sc6ccccc67)ccc5c34)cc21. The Balaban J connectivity index is 1.00. The minimum atomic E-state index is -0.0400. The second-order valence-electron chi connectivity index (χ2n) is 15.3. The molecule has 54 heavy (non-hydrogen) atoms. The summed E-state index contributed by atoms with van der Waals surface area (Å²) in [7, 11) is 0. The summed E-state index contributed by atoms with van der Waals surface area (Å²) in [6, 6.07) is 60.3. The first-order valence-electron chi connectivity index (χ1n) is 18.7. The lowest BCUT2D eigenvalue weighted by molar-refractivity contribution is 0.660. The van der Waals surface area contributed by atoms with Crippen molar-refractivity contribution in [1.82, 2.24) is 4.57 Å². The molecule has 0 unspecified atom stereocenters. The van der Waals surface area contributed by atoms with Crippen LogP contribution in [0.2, 0.25) is 0 Å². The summed E-state index contributed by atoms with van der Waals surface area (Å²) < 4.78 is 11.7. The van der Waals surface area contributed by atoms with Crippen molar-refractivity contribution in [2.45, 2.75) is 19.3 Å². The molecular formula is C51H33NOS. The van der Waals surface area contributed by atoms with Gasteiger partial charge in [0.2, 0.25) is 0 Å². The van der Waals surface area contributed by atoms with E-state index in [1.165, 1.54) is 80.9 Å². The van der Waals surface area contributed by atoms with Gasteiger partial charge in [-0.3, -0.25) is 0 Å². The van der Waals surface area contributed by atoms with Crippen LogP contribution in [-0.2, 0) is 5.41 Å². The van der Waals surface area contributed by atoms with Crippen LogP contribution < -0.4 is 0 Å². The summed E-state index contributed by atoms with van der Waals surface area (Å²) in [5, 5.41) is 7.38. The lowest BCUT2D eigenvalue weighted by Gasteiger charge is -2.22. The van der Waals surface area contributed by atoms with Gasteiger partial charge >= 0.3 is 0 Å². The molecule has 0 spiro atoms. The molecule has 0 saturated carbocycles. The van der Waals surface area contributed by atoms with Crippen molar-refractivity contribution in [2.24, 2.45) is 0 Å². The maximum atomic E-state index is 6.66. The molecule has 0 aliphatic heterocycles. The standard InChI is InChI=1S/C51H33NOS/c1-51(2)41-13-6-3-10-34(41)35-22-18-31(27-42(35)51)30-21-25-44-40(26-30)36-11-4-7-14-43(36)52(44)45-15-9-16-46-50(45)39-24-20-32(28-47(39)53-46)33-19-23-38-37-12-5-8-17-48(37)54-49(38)29-33/h3-29H,1-2H3. The zero-order chi connectivity index (χ0) is 35.7. The second kappa shape index (κ2) is 10.8. The molecule has 0 amide bonds. The van der Waals surface area contributed by atoms with Gasteiger partial charge in [0.05, 0.1) is 22.1 Å². The first-order chi connectivity index (χ1) is 26.5. The van der Waals surface area contributed by atoms with Gasteiger partial charge in [0.1, 0.15) is 11.2 Å². The Morgan fingerprint density at radius 3 is 2.04 bits per heavy atom. The third-order valence-electron chi connectivity index (χ3n) is 12.0. The van der Waals surface area contributed by atoms with Crippen molar-refractivity contribution in [3.05, 3.63) is 175 Å². The van der Waals surface area contributed by atoms with Crippen LogP contribution in [0.25, 0.3) is 103 Å². The molecule has 8 aromatic carbocycles. The van der Waals surface area contributed by atoms with Gasteiger partial charge in [-0.25, -0.2) is 0 Å². The summed E-state index contributed by atoms with van der Waals surface area (Å²) in [5.41, 5.74) is 15.6. The fraction of sp³-hybridized carbons (Fsp3) is 0.0588. The van der Waals surface area contributed by atoms with Crippen molar-refractivity contribution in [3.8, 4) is 39.1 Å². The highest BCUT2D eigenvalue weighted by molar-refractivity contribution is 7.25. The molecular weight excluding hydrogens is 675 g/mol. The van der Waals surface area contributed by atoms with E-state index in [0.29, 0.717) is 0 Å². The summed E-state index contributed by atoms with van der Waals surface area (Å²) in [6.07, 6.45) is 0. The van der Waals surface area contributed by atoms with E-state index in [0.717, 1.165) is 33.2 Å². The number of rotatable bonds is 3. The monoisotopic (exact) mass is 707 g/mol. The maximum absolute atomic E-state index is 6.66. The van der Waals surface area contributed by atoms with Gasteiger partial charge in [0.25, 0.3) is 0 Å². The van der Waals surface area contributed by atoms with Crippen molar-refractivity contribution in [2.75, 3.05) is 0 Å². The lowest BCUT2D eigenvalue weighted by Crippen LogP contribution is -2.14. The van der Waals surface area contributed by atoms with E-state index < -0.39 is 0 Å². The van der Waals surface area contributed by atoms with Gasteiger partial charge in [-0.15, -0.1) is 11.3 Å². The molecule has 0 fully saturated rings. The Kier molecular flexibility index (Phi) is 6.03. The molecule has 0 N–H and O–H groups in total. The molecule has 3 aromatic heterocycles. The maximum Gasteiger partial charge on any atom is 0.137 e. The van der Waals surface area contributed by atoms with Crippen molar-refractivity contribution < 1.29 is 4.42 Å². The number of fused-ring (bicyclic) bond motifs is 12. The van der Waals surface area contributed by atoms with E-state index >= 15 is 0 Å². The first-order valence-corrected chi connectivity index (χ1v) is 19.5. The fourth-order valence-corrected chi connectivity index (χ4v) is 10.5. The Hall–Kier alpha value is -6.42. The molecule has 3 heteroatoms. The molecule has 2 nitrogen and oxygen atoms in total. The average Bonchev–Trinajstić information content (AvgIpc) is 3.94. The van der Waals surface area contributed by atoms with E-state index in [1.54, 1.807) is 0 Å². The van der Waals surface area contributed by atoms with Gasteiger partial charge in [0.15, 0.2) is 0 Å². The molecule has 3 heterocycles. The minimum absolute atomic E-state index is 0.0400. The van der Waals surface area contributed by atoms with Crippen molar-refractivity contribution >= 4 is 75.3 Å². The molecule has 254 valence electrons. The minimum Gasteiger partial charge on any atom is -0.456 e. The van der Waals surface area contributed by atoms with Crippen LogP contribution in [-0.4, -0.2) is 4.57 Å². The van der Waals surface area contributed by atoms with Crippen LogP contribution in [0, 0.1) is 0 Å². The van der Waals surface area contributed by atoms with Crippen LogP contribution in [0.5, 0.6) is 0 Å². The van der Waals surface area contributed by atoms with Crippen LogP contribution in [0.4, 0.5) is 0 Å². The first kappa shape index (κ1) is 30.1. The third kappa shape index (κ3) is 4.10. The predicted octanol–water partition coefficient (Wildman–Crippen LogP) is 14.7. The Bertz CT molecular complexity index is 3370. The molecule has 0 atom stereocenters. The quantitative estimate of drug-likeness (QED) is 0.179. The van der Waals surface area contributed by atoms with Gasteiger partial charge in [-0.1, -0.05) is 117 Å². The number of para-hydroxylation sites is 1. The summed E-state index contributed by atoms with van der Waals surface area (Å²) in [6.45, 7) is 4.70. The molecule has 1 aliphatic rings. The Morgan fingerprint density at radius 1 is 0.444 bits per heavy atom. The summed E-state index contributed by atoms with van der Waals surface area (Å²) >= 11 is 1.86. The second-order valence-corrected chi connectivity index (χ2v) is 16.4. The number of aromatic nitrogens is 1. The van der Waals surface area contributed by atoms with E-state index in [2.05, 4.69) is 182 Å². The largest absolute Gasteiger partial charge is 0.456 e. The number of hydrogen-bond acceptors (Lipinski definition) is 2. The smallest absolute Gasteiger partial charge is 0.137 e. The molecule has 11 aromatic rings. The number of nitrogens with zero attached hydrogens (tertiary/aromatic N) is 1. The van der Waals surface area contributed by atoms with E-state index in [4.69, 9.17) is 4.42 Å². The Morgan fingerprint density at radius 2 is 1.11 bits per heavy atom. The highest BCUT2D eigenvalue weighted by atomic mass is 32.1. The zero-order valence-electron chi connectivity index (χ0n) is 29.9. The van der Waals surface area contributed by atoms with E-state index in [9.17, 15) is 0 Å². The number of furan rings is 1. The number of hydrogen-bond donors (Lipinski definition) is 0. The van der Waals surface area contributed by atoms with E-state index in [-0.39, 0.29) is 5.41 Å². The number of thiophene rings is 1. The van der Waals surface area contributed by atoms with Crippen LogP contribution in [0.15, 0.2) is 168 Å². The zero-order valence-corrected chi connectivity index (χ0v) is 30.7. The third-order valence-corrected chi connectivity index (χ3v) is 13.2. The predicted molar refractivity (Wildman–Crippen MR) is 229 cm³/mol. The summed E-state index contributed by atoms with van der Waals surface area (Å²) in [5.74, 6) is 0. The molecule has 12 rings (SSSR count). The lowest BCUT2D eigenvalue weighted by atomic mass is 9.81. The van der Waals surface area contributed by atoms with Crippen LogP contribution >= 0.6 is 11.3 Å². The average molecular weight is 708 g/mol. The van der Waals surface area contributed by atoms with Crippen molar-refractivity contribution in [3.63, 3.8) is 0 Å². The van der Waals surface area contributed by atoms with Crippen LogP contribution in [0.3, 0.4) is 0 Å². The van der Waals surface area contributed by atoms with Gasteiger partial charge in [0, 0.05) is 41.7 Å². The van der Waals surface area contributed by atoms with Crippen LogP contribution in [0.1, 0.15) is 25.0 Å². The normalized spacial score (nSPS) is 13.5. The van der Waals surface area contributed by atoms with Gasteiger partial charge in [-0.2, -0.15) is 0 Å². The molecule has 0 bridgehead atoms.